The number of hydrogen-bond acceptors (Lipinski definition) is 4. The number of carbonyl (C=O) groups is 2. The highest BCUT2D eigenvalue weighted by Crippen LogP contribution is 2.03. The molecule has 0 aromatic carbocycles. The van der Waals surface area contributed by atoms with E-state index in [2.05, 4.69) is 10.2 Å². The molecule has 0 aromatic rings. The molecule has 0 bridgehead atoms. The number of morpholine rings is 1. The number of nitrogens with one attached hydrogen (secondary N) is 1. The fourth-order valence-corrected chi connectivity index (χ4v) is 1.88. The second-order valence-corrected chi connectivity index (χ2v) is 5.29. The van der Waals surface area contributed by atoms with Gasteiger partial charge in [0.1, 0.15) is 6.04 Å². The normalized spacial score (nSPS) is 17.8. The molecule has 7 nitrogen and oxygen atoms in total. The highest BCUT2D eigenvalue weighted by atomic mass is 16.5. The zero-order chi connectivity index (χ0) is 15.1. The van der Waals surface area contributed by atoms with Gasteiger partial charge < -0.3 is 20.1 Å². The van der Waals surface area contributed by atoms with Crippen molar-refractivity contribution in [3.8, 4) is 0 Å². The van der Waals surface area contributed by atoms with Gasteiger partial charge in [0, 0.05) is 32.7 Å². The summed E-state index contributed by atoms with van der Waals surface area (Å²) in [5.74, 6) is -0.997. The zero-order valence-corrected chi connectivity index (χ0v) is 12.5. The molecule has 0 unspecified atom stereocenters. The van der Waals surface area contributed by atoms with Crippen molar-refractivity contribution in [3.05, 3.63) is 0 Å². The molecule has 2 amide bonds. The van der Waals surface area contributed by atoms with E-state index in [0.717, 1.165) is 13.1 Å². The third-order valence-corrected chi connectivity index (χ3v) is 3.53. The molecule has 1 aliphatic heterocycles. The van der Waals surface area contributed by atoms with Crippen LogP contribution in [0.1, 0.15) is 20.3 Å². The molecule has 0 aliphatic carbocycles. The van der Waals surface area contributed by atoms with Crippen LogP contribution in [0.25, 0.3) is 0 Å². The van der Waals surface area contributed by atoms with Crippen molar-refractivity contribution in [1.82, 2.24) is 15.1 Å². The maximum absolute atomic E-state index is 11.9. The molecule has 0 aromatic heterocycles. The molecule has 1 heterocycles. The Balaban J connectivity index is 2.43. The zero-order valence-electron chi connectivity index (χ0n) is 12.5. The van der Waals surface area contributed by atoms with Gasteiger partial charge in [-0.15, -0.1) is 0 Å². The van der Waals surface area contributed by atoms with Gasteiger partial charge >= 0.3 is 12.0 Å². The summed E-state index contributed by atoms with van der Waals surface area (Å²) in [6.07, 6.45) is 0.396. The Morgan fingerprint density at radius 3 is 2.45 bits per heavy atom. The predicted octanol–water partition coefficient (Wildman–Crippen LogP) is 0.212. The number of carboxylic acid groups (broad SMARTS) is 1. The quantitative estimate of drug-likeness (QED) is 0.730. The number of ether oxygens (including phenoxy) is 1. The van der Waals surface area contributed by atoms with Gasteiger partial charge in [-0.05, 0) is 20.3 Å². The summed E-state index contributed by atoms with van der Waals surface area (Å²) in [6.45, 7) is 7.39. The lowest BCUT2D eigenvalue weighted by Crippen LogP contribution is -2.50. The molecular formula is C13H25N3O4. The molecule has 1 fully saturated rings. The highest BCUT2D eigenvalue weighted by Gasteiger charge is 2.23. The second-order valence-electron chi connectivity index (χ2n) is 5.29. The lowest BCUT2D eigenvalue weighted by atomic mass is 10.2. The molecule has 1 atom stereocenters. The molecule has 0 radical (unpaired) electrons. The molecule has 7 heteroatoms. The van der Waals surface area contributed by atoms with E-state index in [1.54, 1.807) is 7.05 Å². The van der Waals surface area contributed by atoms with Gasteiger partial charge in [-0.25, -0.2) is 9.59 Å². The maximum atomic E-state index is 11.9. The first kappa shape index (κ1) is 16.7. The molecular weight excluding hydrogens is 262 g/mol. The van der Waals surface area contributed by atoms with E-state index in [-0.39, 0.29) is 12.1 Å². The molecule has 1 saturated heterocycles. The van der Waals surface area contributed by atoms with E-state index in [1.165, 1.54) is 4.90 Å². The van der Waals surface area contributed by atoms with Crippen LogP contribution in [0.3, 0.4) is 0 Å². The van der Waals surface area contributed by atoms with E-state index >= 15 is 0 Å². The van der Waals surface area contributed by atoms with Crippen molar-refractivity contribution >= 4 is 12.0 Å². The van der Waals surface area contributed by atoms with Crippen LogP contribution < -0.4 is 5.32 Å². The summed E-state index contributed by atoms with van der Waals surface area (Å²) < 4.78 is 5.24. The van der Waals surface area contributed by atoms with Gasteiger partial charge in [-0.1, -0.05) is 0 Å². The molecule has 1 rings (SSSR count). The third kappa shape index (κ3) is 5.34. The standard InChI is InChI=1S/C13H25N3O4/c1-10(2)15(3)13(19)14-11(12(17)18)4-5-16-6-8-20-9-7-16/h10-11H,4-9H2,1-3H3,(H,14,19)(H,17,18)/t11-/m0/s1. The summed E-state index contributed by atoms with van der Waals surface area (Å²) in [4.78, 5) is 26.7. The first-order valence-corrected chi connectivity index (χ1v) is 6.98. The molecule has 116 valence electrons. The average Bonchev–Trinajstić information content (AvgIpc) is 2.42. The lowest BCUT2D eigenvalue weighted by Gasteiger charge is -2.28. The number of rotatable bonds is 6. The van der Waals surface area contributed by atoms with Gasteiger partial charge in [0.2, 0.25) is 0 Å². The van der Waals surface area contributed by atoms with Crippen LogP contribution in [0.5, 0.6) is 0 Å². The van der Waals surface area contributed by atoms with Gasteiger partial charge in [0.15, 0.2) is 0 Å². The lowest BCUT2D eigenvalue weighted by molar-refractivity contribution is -0.139. The van der Waals surface area contributed by atoms with Crippen molar-refractivity contribution in [2.45, 2.75) is 32.4 Å². The smallest absolute Gasteiger partial charge is 0.326 e. The number of nitrogens with zero attached hydrogens (tertiary/aromatic N) is 2. The van der Waals surface area contributed by atoms with E-state index in [4.69, 9.17) is 4.74 Å². The average molecular weight is 287 g/mol. The van der Waals surface area contributed by atoms with Gasteiger partial charge in [0.25, 0.3) is 0 Å². The summed E-state index contributed by atoms with van der Waals surface area (Å²) in [5, 5.41) is 11.8. The Bertz CT molecular complexity index is 330. The van der Waals surface area contributed by atoms with Gasteiger partial charge in [-0.2, -0.15) is 0 Å². The minimum absolute atomic E-state index is 0.0312. The maximum Gasteiger partial charge on any atom is 0.326 e. The molecule has 2 N–H and O–H groups in total. The van der Waals surface area contributed by atoms with E-state index in [0.29, 0.717) is 26.2 Å². The number of aliphatic carboxylic acids is 1. The van der Waals surface area contributed by atoms with Gasteiger partial charge in [0.05, 0.1) is 13.2 Å². The van der Waals surface area contributed by atoms with Crippen molar-refractivity contribution < 1.29 is 19.4 Å². The Hall–Kier alpha value is -1.34. The summed E-state index contributed by atoms with van der Waals surface area (Å²) in [7, 11) is 1.65. The molecule has 1 aliphatic rings. The fraction of sp³-hybridized carbons (Fsp3) is 0.846. The summed E-state index contributed by atoms with van der Waals surface area (Å²) >= 11 is 0. The minimum atomic E-state index is -0.997. The van der Waals surface area contributed by atoms with Crippen LogP contribution >= 0.6 is 0 Å². The first-order valence-electron chi connectivity index (χ1n) is 6.98. The Labute approximate surface area is 119 Å². The number of carbonyl (C=O) groups excluding carboxylic acids is 1. The SMILES string of the molecule is CC(C)N(C)C(=O)N[C@@H](CCN1CCOCC1)C(=O)O. The third-order valence-electron chi connectivity index (χ3n) is 3.53. The number of hydrogen-bond donors (Lipinski definition) is 2. The summed E-state index contributed by atoms with van der Waals surface area (Å²) in [5.41, 5.74) is 0. The fourth-order valence-electron chi connectivity index (χ4n) is 1.88. The molecule has 20 heavy (non-hydrogen) atoms. The first-order chi connectivity index (χ1) is 9.41. The highest BCUT2D eigenvalue weighted by molar-refractivity contribution is 5.82. The number of amides is 2. The Morgan fingerprint density at radius 1 is 1.35 bits per heavy atom. The van der Waals surface area contributed by atoms with Crippen LogP contribution in [0.15, 0.2) is 0 Å². The van der Waals surface area contributed by atoms with Crippen LogP contribution in [-0.2, 0) is 9.53 Å². The van der Waals surface area contributed by atoms with Crippen LogP contribution in [0.4, 0.5) is 4.79 Å². The Morgan fingerprint density at radius 2 is 1.95 bits per heavy atom. The van der Waals surface area contributed by atoms with E-state index in [1.807, 2.05) is 13.8 Å². The molecule has 0 spiro atoms. The Kier molecular flexibility index (Phi) is 6.74. The second kappa shape index (κ2) is 8.06. The van der Waals surface area contributed by atoms with E-state index < -0.39 is 12.0 Å². The summed E-state index contributed by atoms with van der Waals surface area (Å²) in [6, 6.07) is -1.18. The van der Waals surface area contributed by atoms with Crippen molar-refractivity contribution in [2.75, 3.05) is 39.9 Å². The van der Waals surface area contributed by atoms with Crippen molar-refractivity contribution in [1.29, 1.82) is 0 Å². The van der Waals surface area contributed by atoms with Crippen molar-refractivity contribution in [2.24, 2.45) is 0 Å². The van der Waals surface area contributed by atoms with Crippen LogP contribution in [0, 0.1) is 0 Å². The minimum Gasteiger partial charge on any atom is -0.480 e. The van der Waals surface area contributed by atoms with E-state index in [9.17, 15) is 14.7 Å². The predicted molar refractivity (Wildman–Crippen MR) is 74.7 cm³/mol. The molecule has 0 saturated carbocycles. The number of urea groups is 1. The van der Waals surface area contributed by atoms with Crippen LogP contribution in [0.2, 0.25) is 0 Å². The topological polar surface area (TPSA) is 82.1 Å². The van der Waals surface area contributed by atoms with Gasteiger partial charge in [-0.3, -0.25) is 4.90 Å². The van der Waals surface area contributed by atoms with Crippen molar-refractivity contribution in [3.63, 3.8) is 0 Å². The van der Waals surface area contributed by atoms with Crippen LogP contribution in [-0.4, -0.2) is 78.9 Å². The monoisotopic (exact) mass is 287 g/mol. The number of carboxylic acids is 1. The largest absolute Gasteiger partial charge is 0.480 e.